The SMILES string of the molecule is CCCN1C(=O)c2ccc3c4c(ccc(c24)C1=O)C(=O)N(CCCC[C@H](CC(=O)CNC(=O)c1ccc(-c2ccc(-c4ccc(-c5ccc(C(=O)CCC(=O)N[C@@H](CCCCN6C(=O)c7ccc8c9c(ccc(c79)C6=O)C(=O)N(CCC)C8=O)C(=O)CCC(=O)N[C@H](C(=O)C[C@@H](CCC(=O)O)C(=O)N[C@H](C(=O)O)C(C)C)C(C)C)s5)s4)s2)s1)C(=O)NCC(=O)C[C@H](C(=O)N[C@@H](CCC(=O)O)C(=O)C[C@H](C(C)=O)C(C)C)C(C)C)C3=O. The van der Waals surface area contributed by atoms with Gasteiger partial charge in [0, 0.05) is 209 Å². The second-order valence-corrected chi connectivity index (χ2v) is 43.9. The van der Waals surface area contributed by atoms with Crippen LogP contribution in [0.25, 0.3) is 50.8 Å². The van der Waals surface area contributed by atoms with E-state index in [4.69, 9.17) is 0 Å². The number of imide groups is 4. The molecule has 0 saturated heterocycles. The number of thiophene rings is 4. The first-order valence-corrected chi connectivity index (χ1v) is 53.6. The minimum atomic E-state index is -1.36. The summed E-state index contributed by atoms with van der Waals surface area (Å²) >= 11 is 5.22. The lowest BCUT2D eigenvalue weighted by Gasteiger charge is -2.32. The van der Waals surface area contributed by atoms with E-state index < -0.39 is 265 Å². The fraction of sp³-hybridized carbons (Fsp3) is 0.450. The number of ketones is 7. The highest BCUT2D eigenvalue weighted by Gasteiger charge is 2.44. The average molecular weight is 2130 g/mol. The van der Waals surface area contributed by atoms with Gasteiger partial charge in [-0.25, -0.2) is 4.79 Å². The molecule has 0 spiro atoms. The molecule has 0 fully saturated rings. The molecule has 37 nitrogen and oxygen atoms in total. The Morgan fingerprint density at radius 1 is 0.320 bits per heavy atom. The van der Waals surface area contributed by atoms with Crippen molar-refractivity contribution in [3.8, 4) is 29.3 Å². The number of nitrogens with one attached hydrogen (secondary N) is 6. The number of hydrogen-bond donors (Lipinski definition) is 9. The maximum Gasteiger partial charge on any atom is 0.326 e. The van der Waals surface area contributed by atoms with Crippen molar-refractivity contribution < 1.29 is 130 Å². The van der Waals surface area contributed by atoms with Crippen molar-refractivity contribution in [2.24, 2.45) is 47.3 Å². The second kappa shape index (κ2) is 50.8. The maximum atomic E-state index is 14.4. The third-order valence-electron chi connectivity index (χ3n) is 27.4. The molecule has 8 heterocycles. The van der Waals surface area contributed by atoms with Gasteiger partial charge in [-0.1, -0.05) is 75.7 Å². The molecule has 0 saturated carbocycles. The Morgan fingerprint density at radius 3 is 1.13 bits per heavy atom. The second-order valence-electron chi connectivity index (χ2n) is 39.6. The number of carboxylic acids is 3. The summed E-state index contributed by atoms with van der Waals surface area (Å²) in [7, 11) is 0. The van der Waals surface area contributed by atoms with E-state index in [1.807, 2.05) is 38.1 Å². The Morgan fingerprint density at radius 2 is 0.700 bits per heavy atom. The molecule has 0 bridgehead atoms. The summed E-state index contributed by atoms with van der Waals surface area (Å²) in [5.41, 5.74) is 1.09. The van der Waals surface area contributed by atoms with E-state index in [0.717, 1.165) is 55.3 Å². The number of Topliss-reactive ketones (excluding diaryl/α,β-unsaturated/α-hetero) is 7. The van der Waals surface area contributed by atoms with Gasteiger partial charge in [0.25, 0.3) is 53.2 Å². The summed E-state index contributed by atoms with van der Waals surface area (Å²) in [6.45, 7) is 17.0. The van der Waals surface area contributed by atoms with E-state index in [0.29, 0.717) is 22.6 Å². The van der Waals surface area contributed by atoms with Crippen LogP contribution < -0.4 is 31.9 Å². The van der Waals surface area contributed by atoms with Crippen LogP contribution in [0.1, 0.15) is 307 Å². The normalized spacial score (nSPS) is 14.8. The van der Waals surface area contributed by atoms with E-state index in [2.05, 4.69) is 31.9 Å². The molecule has 8 aromatic rings. The molecule has 4 aliphatic heterocycles. The van der Waals surface area contributed by atoms with Crippen LogP contribution in [0.15, 0.2) is 97.1 Å². The summed E-state index contributed by atoms with van der Waals surface area (Å²) in [5, 5.41) is 45.2. The minimum absolute atomic E-state index is 0.0359. The van der Waals surface area contributed by atoms with Crippen LogP contribution in [-0.2, 0) is 67.1 Å². The summed E-state index contributed by atoms with van der Waals surface area (Å²) in [6, 6.07) is 20.8. The summed E-state index contributed by atoms with van der Waals surface area (Å²) in [4.78, 5) is 336. The first-order chi connectivity index (χ1) is 71.2. The van der Waals surface area contributed by atoms with E-state index >= 15 is 0 Å². The number of aliphatic carboxylic acids is 3. The maximum absolute atomic E-state index is 14.4. The minimum Gasteiger partial charge on any atom is -0.481 e. The van der Waals surface area contributed by atoms with E-state index in [1.54, 1.807) is 79.7 Å². The van der Waals surface area contributed by atoms with Gasteiger partial charge in [-0.2, -0.15) is 0 Å². The highest BCUT2D eigenvalue weighted by Crippen LogP contribution is 2.46. The highest BCUT2D eigenvalue weighted by molar-refractivity contribution is 7.29. The molecule has 150 heavy (non-hydrogen) atoms. The van der Waals surface area contributed by atoms with E-state index in [1.165, 1.54) is 89.5 Å². The Labute approximate surface area is 880 Å². The summed E-state index contributed by atoms with van der Waals surface area (Å²) < 4.78 is 0. The van der Waals surface area contributed by atoms with Gasteiger partial charge in [0.05, 0.1) is 41.0 Å². The third-order valence-corrected chi connectivity index (χ3v) is 32.4. The predicted molar refractivity (Wildman–Crippen MR) is 557 cm³/mol. The van der Waals surface area contributed by atoms with E-state index in [-0.39, 0.29) is 173 Å². The monoisotopic (exact) mass is 2130 g/mol. The van der Waals surface area contributed by atoms with Crippen molar-refractivity contribution in [3.63, 3.8) is 0 Å². The lowest BCUT2D eigenvalue weighted by atomic mass is 9.85. The molecule has 9 N–H and O–H groups in total. The average Bonchev–Trinajstić information content (AvgIpc) is 0.814. The summed E-state index contributed by atoms with van der Waals surface area (Å²) in [6.07, 6.45) is -3.75. The zero-order chi connectivity index (χ0) is 109. The molecule has 14 amide bonds. The zero-order valence-corrected chi connectivity index (χ0v) is 88.4. The van der Waals surface area contributed by atoms with Crippen LogP contribution in [-0.4, -0.2) is 239 Å². The first kappa shape index (κ1) is 114. The van der Waals surface area contributed by atoms with Crippen molar-refractivity contribution >= 4 is 208 Å². The largest absolute Gasteiger partial charge is 0.481 e. The zero-order valence-electron chi connectivity index (χ0n) is 85.1. The van der Waals surface area contributed by atoms with Gasteiger partial charge in [0.2, 0.25) is 29.5 Å². The van der Waals surface area contributed by atoms with Crippen LogP contribution in [0.2, 0.25) is 0 Å². The number of hydrogen-bond acceptors (Lipinski definition) is 28. The van der Waals surface area contributed by atoms with Crippen molar-refractivity contribution in [1.82, 2.24) is 51.5 Å². The van der Waals surface area contributed by atoms with Gasteiger partial charge in [-0.05, 0) is 185 Å². The molecule has 4 aromatic carbocycles. The molecular weight excluding hydrogens is 2010 g/mol. The number of carbonyl (C=O) groups is 24. The Bertz CT molecular complexity index is 6230. The number of nitrogens with zero attached hydrogens (tertiary/aromatic N) is 4. The fourth-order valence-electron chi connectivity index (χ4n) is 19.2. The van der Waals surface area contributed by atoms with Crippen LogP contribution in [0.5, 0.6) is 0 Å². The first-order valence-electron chi connectivity index (χ1n) is 50.3. The smallest absolute Gasteiger partial charge is 0.326 e. The molecule has 12 rings (SSSR count). The van der Waals surface area contributed by atoms with E-state index in [9.17, 15) is 130 Å². The van der Waals surface area contributed by atoms with Crippen LogP contribution in [0, 0.1) is 47.3 Å². The van der Waals surface area contributed by atoms with Crippen molar-refractivity contribution in [2.45, 2.75) is 229 Å². The Kier molecular flexibility index (Phi) is 38.7. The van der Waals surface area contributed by atoms with Gasteiger partial charge < -0.3 is 47.2 Å². The molecule has 0 unspecified atom stereocenters. The van der Waals surface area contributed by atoms with Crippen LogP contribution in [0.4, 0.5) is 0 Å². The lowest BCUT2D eigenvalue weighted by Crippen LogP contribution is -2.49. The predicted octanol–water partition coefficient (Wildman–Crippen LogP) is 13.6. The standard InChI is InChI=1S/C109H122N10O27S4/c1-12-44-116-101(137)63-21-25-67-93-68(26-22-64(91(63)93)102(116)138)106(142)118(105(67)141)46-16-14-18-59(97(133)110-53-62(122)50-72(55(5)6)99(135)113-74(29-43-90(131)132)77(125)51-71(54(3)4)58(11)120)48-61(121)52-111-100(136)86-39-38-85(150-86)84-37-36-83(149-84)82-35-34-81(148-82)80-33-32-79(147-80)76(124)31-41-87(127)112-73(75(123)30-40-88(128)114-95(56(7)8)78(126)49-60(20-42-89(129)130)98(134)115-96(57(9)10)109(145)146)19-15-17-47-119-107(143)69-27-23-65-92-66(24-28-70(94(69)92)108(119)144)104(140)117(45-13-2)103(65)139/h21-28,32-39,54-57,59-60,71-74,95-96H,12-20,29-31,40-53H2,1-11H3,(H,110,133)(H,111,136)(H,112,127)(H,113,135)(H,114,128)(H,115,134)(H,129,130)(H,131,132)(H,145,146)/t59-,60-,71+,72+,73+,74+,95+,96+/m1/s1. The highest BCUT2D eigenvalue weighted by atomic mass is 32.1. The van der Waals surface area contributed by atoms with Gasteiger partial charge in [-0.3, -0.25) is 130 Å². The van der Waals surface area contributed by atoms with Crippen molar-refractivity contribution in [2.75, 3.05) is 39.3 Å². The molecule has 0 radical (unpaired) electrons. The molecule has 8 atom stereocenters. The number of carbonyl (C=O) groups excluding carboxylic acids is 21. The fourth-order valence-corrected chi connectivity index (χ4v) is 23.4. The van der Waals surface area contributed by atoms with Gasteiger partial charge >= 0.3 is 17.9 Å². The van der Waals surface area contributed by atoms with Crippen molar-refractivity contribution in [3.05, 3.63) is 151 Å². The Hall–Kier alpha value is -14.3. The summed E-state index contributed by atoms with van der Waals surface area (Å²) in [5.74, 6) is -23.1. The molecule has 4 aliphatic rings. The number of carboxylic acid groups (broad SMARTS) is 3. The molecule has 41 heteroatoms. The van der Waals surface area contributed by atoms with Gasteiger partial charge in [0.15, 0.2) is 34.7 Å². The van der Waals surface area contributed by atoms with Crippen molar-refractivity contribution in [1.29, 1.82) is 0 Å². The number of amides is 14. The van der Waals surface area contributed by atoms with Crippen LogP contribution >= 0.6 is 45.3 Å². The van der Waals surface area contributed by atoms with Gasteiger partial charge in [-0.15, -0.1) is 45.3 Å². The topological polar surface area (TPSA) is 556 Å². The quantitative estimate of drug-likeness (QED) is 0.00971. The number of rotatable bonds is 59. The molecule has 4 aromatic heterocycles. The number of unbranched alkanes of at least 4 members (excludes halogenated alkanes) is 2. The molecular formula is C109H122N10O27S4. The molecule has 794 valence electrons. The van der Waals surface area contributed by atoms with Gasteiger partial charge in [0.1, 0.15) is 11.8 Å². The number of benzene rings is 4. The molecule has 0 aliphatic carbocycles. The lowest BCUT2D eigenvalue weighted by molar-refractivity contribution is -0.144. The van der Waals surface area contributed by atoms with Crippen LogP contribution in [0.3, 0.4) is 0 Å². The Balaban J connectivity index is 0.665. The third kappa shape index (κ3) is 26.9.